The summed E-state index contributed by atoms with van der Waals surface area (Å²) in [5, 5.41) is 3.36. The number of nitrogen functional groups attached to an aromatic ring is 1. The van der Waals surface area contributed by atoms with Crippen molar-refractivity contribution in [2.45, 2.75) is 19.4 Å². The molecule has 1 aliphatic heterocycles. The van der Waals surface area contributed by atoms with Crippen molar-refractivity contribution >= 4 is 5.82 Å². The van der Waals surface area contributed by atoms with Crippen molar-refractivity contribution in [1.29, 1.82) is 0 Å². The van der Waals surface area contributed by atoms with Crippen LogP contribution in [0, 0.1) is 12.8 Å². The second-order valence-electron chi connectivity index (χ2n) is 4.88. The van der Waals surface area contributed by atoms with Gasteiger partial charge in [0.15, 0.2) is 0 Å². The number of nitrogens with two attached hydrogens (primary N) is 2. The monoisotopic (exact) mass is 250 g/mol. The Hall–Kier alpha value is -1.17. The third-order valence-corrected chi connectivity index (χ3v) is 3.24. The molecule has 0 spiro atoms. The van der Waals surface area contributed by atoms with Crippen molar-refractivity contribution in [3.05, 3.63) is 23.4 Å². The number of ether oxygens (including phenoxy) is 1. The molecule has 0 saturated carbocycles. The van der Waals surface area contributed by atoms with Gasteiger partial charge in [0.05, 0.1) is 12.7 Å². The molecular weight excluding hydrogens is 228 g/mol. The van der Waals surface area contributed by atoms with Crippen LogP contribution < -0.4 is 16.8 Å². The highest BCUT2D eigenvalue weighted by molar-refractivity contribution is 5.34. The van der Waals surface area contributed by atoms with E-state index < -0.39 is 0 Å². The number of aryl methyl sites for hydroxylation is 1. The van der Waals surface area contributed by atoms with Crippen molar-refractivity contribution in [3.8, 4) is 0 Å². The first-order valence-electron chi connectivity index (χ1n) is 6.44. The van der Waals surface area contributed by atoms with E-state index in [-0.39, 0.29) is 6.10 Å². The molecule has 0 aromatic carbocycles. The van der Waals surface area contributed by atoms with E-state index in [1.165, 1.54) is 0 Å². The van der Waals surface area contributed by atoms with Crippen LogP contribution in [0.2, 0.25) is 0 Å². The summed E-state index contributed by atoms with van der Waals surface area (Å²) in [6, 6.07) is 3.98. The summed E-state index contributed by atoms with van der Waals surface area (Å²) in [7, 11) is 0. The lowest BCUT2D eigenvalue weighted by molar-refractivity contribution is 0.0428. The number of aromatic nitrogens is 1. The molecule has 2 atom stereocenters. The Morgan fingerprint density at radius 1 is 1.44 bits per heavy atom. The number of hydrogen-bond donors (Lipinski definition) is 3. The van der Waals surface area contributed by atoms with Crippen molar-refractivity contribution in [2.75, 3.05) is 32.0 Å². The van der Waals surface area contributed by atoms with Crippen molar-refractivity contribution in [1.82, 2.24) is 10.3 Å². The highest BCUT2D eigenvalue weighted by Gasteiger charge is 2.28. The molecule has 1 aliphatic rings. The van der Waals surface area contributed by atoms with E-state index in [2.05, 4.69) is 16.4 Å². The first-order valence-corrected chi connectivity index (χ1v) is 6.44. The van der Waals surface area contributed by atoms with Gasteiger partial charge in [0.1, 0.15) is 5.82 Å². The largest absolute Gasteiger partial charge is 0.384 e. The molecule has 1 fully saturated rings. The minimum absolute atomic E-state index is 0.233. The lowest BCUT2D eigenvalue weighted by Gasteiger charge is -2.18. The Labute approximate surface area is 108 Å². The van der Waals surface area contributed by atoms with Crippen molar-refractivity contribution < 1.29 is 4.74 Å². The number of nitrogens with zero attached hydrogens (tertiary/aromatic N) is 1. The maximum absolute atomic E-state index is 5.77. The van der Waals surface area contributed by atoms with Crippen LogP contribution in [-0.2, 0) is 11.2 Å². The lowest BCUT2D eigenvalue weighted by Crippen LogP contribution is -2.27. The molecule has 100 valence electrons. The average molecular weight is 250 g/mol. The normalized spacial score (nSPS) is 23.4. The molecule has 1 aromatic heterocycles. The summed E-state index contributed by atoms with van der Waals surface area (Å²) >= 11 is 0. The van der Waals surface area contributed by atoms with E-state index in [9.17, 15) is 0 Å². The van der Waals surface area contributed by atoms with Gasteiger partial charge in [-0.1, -0.05) is 0 Å². The first kappa shape index (κ1) is 13.3. The van der Waals surface area contributed by atoms with Gasteiger partial charge in [-0.05, 0) is 31.0 Å². The Morgan fingerprint density at radius 2 is 2.28 bits per heavy atom. The van der Waals surface area contributed by atoms with E-state index in [1.54, 1.807) is 0 Å². The van der Waals surface area contributed by atoms with E-state index in [0.717, 1.165) is 30.8 Å². The van der Waals surface area contributed by atoms with Gasteiger partial charge in [-0.15, -0.1) is 0 Å². The maximum atomic E-state index is 5.77. The van der Waals surface area contributed by atoms with Crippen LogP contribution in [0.4, 0.5) is 5.82 Å². The second kappa shape index (κ2) is 6.13. The van der Waals surface area contributed by atoms with Gasteiger partial charge in [0.25, 0.3) is 0 Å². The van der Waals surface area contributed by atoms with Gasteiger partial charge in [0, 0.05) is 31.2 Å². The number of hydrogen-bond acceptors (Lipinski definition) is 5. The summed E-state index contributed by atoms with van der Waals surface area (Å²) < 4.78 is 5.75. The van der Waals surface area contributed by atoms with Gasteiger partial charge < -0.3 is 21.5 Å². The number of nitrogens with one attached hydrogen (secondary N) is 1. The third kappa shape index (κ3) is 3.41. The zero-order valence-electron chi connectivity index (χ0n) is 10.9. The lowest BCUT2D eigenvalue weighted by atomic mass is 9.99. The third-order valence-electron chi connectivity index (χ3n) is 3.24. The Morgan fingerprint density at radius 3 is 3.00 bits per heavy atom. The van der Waals surface area contributed by atoms with Crippen molar-refractivity contribution in [2.24, 2.45) is 11.7 Å². The number of anilines is 1. The van der Waals surface area contributed by atoms with Gasteiger partial charge >= 0.3 is 0 Å². The smallest absolute Gasteiger partial charge is 0.123 e. The van der Waals surface area contributed by atoms with Crippen LogP contribution >= 0.6 is 0 Å². The molecule has 18 heavy (non-hydrogen) atoms. The fourth-order valence-corrected chi connectivity index (χ4v) is 2.47. The Balaban J connectivity index is 1.98. The Kier molecular flexibility index (Phi) is 4.52. The summed E-state index contributed by atoms with van der Waals surface area (Å²) in [4.78, 5) is 4.38. The molecular formula is C13H22N4O. The summed E-state index contributed by atoms with van der Waals surface area (Å²) in [5.41, 5.74) is 13.4. The molecule has 1 saturated heterocycles. The molecule has 5 nitrogen and oxygen atoms in total. The minimum Gasteiger partial charge on any atom is -0.384 e. The van der Waals surface area contributed by atoms with Crippen LogP contribution in [0.25, 0.3) is 0 Å². The maximum Gasteiger partial charge on any atom is 0.123 e. The predicted octanol–water partition coefficient (Wildman–Crippen LogP) is 0.0780. The highest BCUT2D eigenvalue weighted by Crippen LogP contribution is 2.19. The zero-order chi connectivity index (χ0) is 13.0. The van der Waals surface area contributed by atoms with Gasteiger partial charge in [0.2, 0.25) is 0 Å². The van der Waals surface area contributed by atoms with Crippen LogP contribution in [0.3, 0.4) is 0 Å². The molecule has 5 N–H and O–H groups in total. The van der Waals surface area contributed by atoms with E-state index in [4.69, 9.17) is 16.2 Å². The molecule has 1 aromatic rings. The van der Waals surface area contributed by atoms with Crippen LogP contribution in [0.15, 0.2) is 12.1 Å². The Bertz CT molecular complexity index is 376. The number of rotatable bonds is 5. The topological polar surface area (TPSA) is 86.2 Å². The predicted molar refractivity (Wildman–Crippen MR) is 72.2 cm³/mol. The fraction of sp³-hybridized carbons (Fsp3) is 0.615. The molecule has 2 heterocycles. The first-order chi connectivity index (χ1) is 8.69. The van der Waals surface area contributed by atoms with E-state index in [0.29, 0.717) is 24.9 Å². The number of pyridine rings is 1. The quantitative estimate of drug-likeness (QED) is 0.689. The second-order valence-corrected chi connectivity index (χ2v) is 4.88. The molecule has 1 unspecified atom stereocenters. The minimum atomic E-state index is 0.233. The van der Waals surface area contributed by atoms with Crippen LogP contribution in [0.5, 0.6) is 0 Å². The SMILES string of the molecule is Cc1cc(N)nc(CC2CNC[C@H]2OCCN)c1. The van der Waals surface area contributed by atoms with E-state index in [1.807, 2.05) is 13.0 Å². The van der Waals surface area contributed by atoms with Crippen LogP contribution in [-0.4, -0.2) is 37.3 Å². The summed E-state index contributed by atoms with van der Waals surface area (Å²) in [6.45, 7) is 5.08. The fourth-order valence-electron chi connectivity index (χ4n) is 2.47. The summed E-state index contributed by atoms with van der Waals surface area (Å²) in [5.74, 6) is 1.04. The van der Waals surface area contributed by atoms with Gasteiger partial charge in [-0.3, -0.25) is 0 Å². The molecule has 0 radical (unpaired) electrons. The molecule has 2 rings (SSSR count). The van der Waals surface area contributed by atoms with Gasteiger partial charge in [-0.25, -0.2) is 4.98 Å². The average Bonchev–Trinajstić information content (AvgIpc) is 2.72. The standard InChI is InChI=1S/C13H22N4O/c1-9-4-11(17-13(15)5-9)6-10-7-16-8-12(10)18-3-2-14/h4-5,10,12,16H,2-3,6-8,14H2,1H3,(H2,15,17)/t10?,12-/m1/s1. The molecule has 0 bridgehead atoms. The molecule has 0 amide bonds. The molecule has 5 heteroatoms. The van der Waals surface area contributed by atoms with Crippen molar-refractivity contribution in [3.63, 3.8) is 0 Å². The highest BCUT2D eigenvalue weighted by atomic mass is 16.5. The molecule has 0 aliphatic carbocycles. The van der Waals surface area contributed by atoms with E-state index >= 15 is 0 Å². The van der Waals surface area contributed by atoms with Gasteiger partial charge in [-0.2, -0.15) is 0 Å². The van der Waals surface area contributed by atoms with Crippen LogP contribution in [0.1, 0.15) is 11.3 Å². The summed E-state index contributed by atoms with van der Waals surface area (Å²) in [6.07, 6.45) is 1.13. The zero-order valence-corrected chi connectivity index (χ0v) is 10.9.